The van der Waals surface area contributed by atoms with Crippen LogP contribution in [0.15, 0.2) is 48.5 Å². The zero-order valence-electron chi connectivity index (χ0n) is 15.9. The van der Waals surface area contributed by atoms with Crippen LogP contribution in [0.2, 0.25) is 0 Å². The van der Waals surface area contributed by atoms with Crippen molar-refractivity contribution in [2.45, 2.75) is 26.3 Å². The van der Waals surface area contributed by atoms with Gasteiger partial charge in [0.1, 0.15) is 0 Å². The van der Waals surface area contributed by atoms with Crippen LogP contribution >= 0.6 is 0 Å². The standard InChI is InChI=1S/C22H26N2O3/c1-16(25)23-21-9-5-18(6-10-21)14-24-12-11-19(15-24)13-17-3-7-20(8-4-17)22(26)27-2/h3-10,19H,11-15H2,1-2H3,(H,23,25). The number of hydrogen-bond donors (Lipinski definition) is 1. The maximum atomic E-state index is 11.5. The quantitative estimate of drug-likeness (QED) is 0.795. The van der Waals surface area contributed by atoms with Gasteiger partial charge in [0.25, 0.3) is 0 Å². The van der Waals surface area contributed by atoms with Gasteiger partial charge in [-0.3, -0.25) is 9.69 Å². The predicted octanol–water partition coefficient (Wildman–Crippen LogP) is 3.50. The molecule has 0 aliphatic carbocycles. The van der Waals surface area contributed by atoms with E-state index in [9.17, 15) is 9.59 Å². The number of amides is 1. The van der Waals surface area contributed by atoms with Crippen LogP contribution in [-0.2, 0) is 22.5 Å². The molecule has 27 heavy (non-hydrogen) atoms. The Balaban J connectivity index is 1.50. The Morgan fingerprint density at radius 2 is 1.74 bits per heavy atom. The van der Waals surface area contributed by atoms with Crippen LogP contribution in [0.1, 0.15) is 34.8 Å². The van der Waals surface area contributed by atoms with Gasteiger partial charge in [0, 0.05) is 25.7 Å². The summed E-state index contributed by atoms with van der Waals surface area (Å²) in [5.41, 5.74) is 3.94. The Labute approximate surface area is 160 Å². The number of hydrogen-bond acceptors (Lipinski definition) is 4. The van der Waals surface area contributed by atoms with Gasteiger partial charge in [0.2, 0.25) is 5.91 Å². The zero-order valence-corrected chi connectivity index (χ0v) is 15.9. The molecule has 0 saturated carbocycles. The number of rotatable bonds is 6. The van der Waals surface area contributed by atoms with Crippen molar-refractivity contribution in [3.05, 3.63) is 65.2 Å². The number of carbonyl (C=O) groups is 2. The first-order valence-corrected chi connectivity index (χ1v) is 9.29. The van der Waals surface area contributed by atoms with Crippen molar-refractivity contribution in [2.24, 2.45) is 5.92 Å². The number of nitrogens with one attached hydrogen (secondary N) is 1. The van der Waals surface area contributed by atoms with E-state index in [0.717, 1.165) is 31.7 Å². The largest absolute Gasteiger partial charge is 0.465 e. The summed E-state index contributed by atoms with van der Waals surface area (Å²) < 4.78 is 4.74. The van der Waals surface area contributed by atoms with Crippen LogP contribution in [0.3, 0.4) is 0 Å². The fraction of sp³-hybridized carbons (Fsp3) is 0.364. The van der Waals surface area contributed by atoms with Gasteiger partial charge < -0.3 is 10.1 Å². The van der Waals surface area contributed by atoms with E-state index >= 15 is 0 Å². The summed E-state index contributed by atoms with van der Waals surface area (Å²) in [5, 5.41) is 2.79. The number of methoxy groups -OCH3 is 1. The number of benzene rings is 2. The number of ether oxygens (including phenoxy) is 1. The van der Waals surface area contributed by atoms with E-state index in [-0.39, 0.29) is 11.9 Å². The summed E-state index contributed by atoms with van der Waals surface area (Å²) in [4.78, 5) is 25.1. The van der Waals surface area contributed by atoms with Gasteiger partial charge in [0.15, 0.2) is 0 Å². The summed E-state index contributed by atoms with van der Waals surface area (Å²) in [5.74, 6) is 0.287. The fourth-order valence-corrected chi connectivity index (χ4v) is 3.61. The summed E-state index contributed by atoms with van der Waals surface area (Å²) in [6, 6.07) is 15.8. The van der Waals surface area contributed by atoms with E-state index in [2.05, 4.69) is 22.3 Å². The molecular weight excluding hydrogens is 340 g/mol. The second kappa shape index (κ2) is 8.82. The topological polar surface area (TPSA) is 58.6 Å². The van der Waals surface area contributed by atoms with Crippen LogP contribution in [0.4, 0.5) is 5.69 Å². The van der Waals surface area contributed by atoms with Gasteiger partial charge in [-0.2, -0.15) is 0 Å². The van der Waals surface area contributed by atoms with Gasteiger partial charge in [-0.25, -0.2) is 4.79 Å². The molecule has 5 nitrogen and oxygen atoms in total. The number of anilines is 1. The molecule has 1 unspecified atom stereocenters. The molecule has 5 heteroatoms. The molecule has 1 fully saturated rings. The van der Waals surface area contributed by atoms with Crippen molar-refractivity contribution in [1.29, 1.82) is 0 Å². The maximum absolute atomic E-state index is 11.5. The first-order valence-electron chi connectivity index (χ1n) is 9.29. The van der Waals surface area contributed by atoms with E-state index in [1.165, 1.54) is 31.6 Å². The van der Waals surface area contributed by atoms with E-state index in [0.29, 0.717) is 11.5 Å². The van der Waals surface area contributed by atoms with Crippen molar-refractivity contribution < 1.29 is 14.3 Å². The SMILES string of the molecule is COC(=O)c1ccc(CC2CCN(Cc3ccc(NC(C)=O)cc3)C2)cc1. The van der Waals surface area contributed by atoms with Gasteiger partial charge in [0.05, 0.1) is 12.7 Å². The minimum atomic E-state index is -0.293. The van der Waals surface area contributed by atoms with Crippen molar-refractivity contribution in [3.63, 3.8) is 0 Å². The van der Waals surface area contributed by atoms with E-state index in [4.69, 9.17) is 4.74 Å². The maximum Gasteiger partial charge on any atom is 0.337 e. The average molecular weight is 366 g/mol. The molecule has 0 bridgehead atoms. The van der Waals surface area contributed by atoms with Gasteiger partial charge >= 0.3 is 5.97 Å². The molecule has 1 saturated heterocycles. The smallest absolute Gasteiger partial charge is 0.337 e. The Hall–Kier alpha value is -2.66. The lowest BCUT2D eigenvalue weighted by molar-refractivity contribution is -0.114. The van der Waals surface area contributed by atoms with Crippen LogP contribution < -0.4 is 5.32 Å². The molecule has 0 spiro atoms. The molecule has 3 rings (SSSR count). The molecular formula is C22H26N2O3. The molecule has 2 aromatic carbocycles. The first-order chi connectivity index (χ1) is 13.0. The summed E-state index contributed by atoms with van der Waals surface area (Å²) in [7, 11) is 1.40. The van der Waals surface area contributed by atoms with Crippen LogP contribution in [0.5, 0.6) is 0 Å². The molecule has 0 aromatic heterocycles. The van der Waals surface area contributed by atoms with Crippen molar-refractivity contribution >= 4 is 17.6 Å². The highest BCUT2D eigenvalue weighted by Crippen LogP contribution is 2.23. The molecule has 1 heterocycles. The fourth-order valence-electron chi connectivity index (χ4n) is 3.61. The number of esters is 1. The first kappa shape index (κ1) is 19.1. The minimum Gasteiger partial charge on any atom is -0.465 e. The monoisotopic (exact) mass is 366 g/mol. The summed E-state index contributed by atoms with van der Waals surface area (Å²) in [6.07, 6.45) is 2.21. The molecule has 1 N–H and O–H groups in total. The Bertz CT molecular complexity index is 784. The van der Waals surface area contributed by atoms with Crippen molar-refractivity contribution in [2.75, 3.05) is 25.5 Å². The number of likely N-dealkylation sites (tertiary alicyclic amines) is 1. The highest BCUT2D eigenvalue weighted by Gasteiger charge is 2.22. The van der Waals surface area contributed by atoms with E-state index in [1.807, 2.05) is 36.4 Å². The zero-order chi connectivity index (χ0) is 19.2. The minimum absolute atomic E-state index is 0.0512. The third-order valence-corrected chi connectivity index (χ3v) is 4.95. The summed E-state index contributed by atoms with van der Waals surface area (Å²) in [6.45, 7) is 4.62. The lowest BCUT2D eigenvalue weighted by atomic mass is 9.98. The van der Waals surface area contributed by atoms with Crippen LogP contribution in [0, 0.1) is 5.92 Å². The molecule has 0 radical (unpaired) electrons. The third kappa shape index (κ3) is 5.41. The summed E-state index contributed by atoms with van der Waals surface area (Å²) >= 11 is 0. The molecule has 2 aromatic rings. The van der Waals surface area contributed by atoms with Gasteiger partial charge in [-0.05, 0) is 60.7 Å². The molecule has 1 aliphatic rings. The van der Waals surface area contributed by atoms with E-state index in [1.54, 1.807) is 0 Å². The Morgan fingerprint density at radius 1 is 1.07 bits per heavy atom. The second-order valence-corrected chi connectivity index (χ2v) is 7.16. The molecule has 1 amide bonds. The normalized spacial score (nSPS) is 16.9. The Morgan fingerprint density at radius 3 is 2.37 bits per heavy atom. The highest BCUT2D eigenvalue weighted by molar-refractivity contribution is 5.89. The molecule has 1 aliphatic heterocycles. The van der Waals surface area contributed by atoms with E-state index < -0.39 is 0 Å². The number of nitrogens with zero attached hydrogens (tertiary/aromatic N) is 1. The third-order valence-electron chi connectivity index (χ3n) is 4.95. The highest BCUT2D eigenvalue weighted by atomic mass is 16.5. The Kier molecular flexibility index (Phi) is 6.24. The van der Waals surface area contributed by atoms with Crippen molar-refractivity contribution in [1.82, 2.24) is 4.90 Å². The van der Waals surface area contributed by atoms with Gasteiger partial charge in [-0.15, -0.1) is 0 Å². The lowest BCUT2D eigenvalue weighted by Gasteiger charge is -2.16. The predicted molar refractivity (Wildman–Crippen MR) is 106 cm³/mol. The van der Waals surface area contributed by atoms with Gasteiger partial charge in [-0.1, -0.05) is 24.3 Å². The number of carbonyl (C=O) groups excluding carboxylic acids is 2. The molecule has 1 atom stereocenters. The van der Waals surface area contributed by atoms with Crippen molar-refractivity contribution in [3.8, 4) is 0 Å². The average Bonchev–Trinajstić information content (AvgIpc) is 3.09. The van der Waals surface area contributed by atoms with Crippen LogP contribution in [0.25, 0.3) is 0 Å². The lowest BCUT2D eigenvalue weighted by Crippen LogP contribution is -2.20. The molecule has 142 valence electrons. The van der Waals surface area contributed by atoms with Crippen LogP contribution in [-0.4, -0.2) is 37.0 Å². The second-order valence-electron chi connectivity index (χ2n) is 7.16.